The zero-order valence-corrected chi connectivity index (χ0v) is 9.12. The molecule has 2 aromatic heterocycles. The van der Waals surface area contributed by atoms with E-state index >= 15 is 0 Å². The summed E-state index contributed by atoms with van der Waals surface area (Å²) in [5, 5.41) is 15.1. The maximum absolute atomic E-state index is 11.8. The number of carboxylic acids is 1. The van der Waals surface area contributed by atoms with Gasteiger partial charge in [-0.3, -0.25) is 9.59 Å². The third-order valence-corrected chi connectivity index (χ3v) is 2.39. The Morgan fingerprint density at radius 3 is 2.94 bits per heavy atom. The van der Waals surface area contributed by atoms with E-state index in [1.165, 1.54) is 13.1 Å². The molecular weight excluding hydrogens is 222 g/mol. The molecule has 88 valence electrons. The fourth-order valence-corrected chi connectivity index (χ4v) is 1.45. The van der Waals surface area contributed by atoms with Crippen molar-refractivity contribution in [3.8, 4) is 0 Å². The molecule has 0 saturated heterocycles. The van der Waals surface area contributed by atoms with E-state index in [-0.39, 0.29) is 0 Å². The van der Waals surface area contributed by atoms with Crippen molar-refractivity contribution in [2.24, 2.45) is 0 Å². The number of pyridine rings is 1. The van der Waals surface area contributed by atoms with Crippen LogP contribution in [-0.2, 0) is 4.79 Å². The fraction of sp³-hybridized carbons (Fsp3) is 0.182. The van der Waals surface area contributed by atoms with E-state index in [1.807, 2.05) is 0 Å². The SMILES string of the molecule is CC(NC(=O)c1cnn2ccccc12)C(=O)O. The number of carbonyl (C=O) groups excluding carboxylic acids is 1. The predicted molar refractivity (Wildman–Crippen MR) is 59.8 cm³/mol. The molecule has 17 heavy (non-hydrogen) atoms. The van der Waals surface area contributed by atoms with Gasteiger partial charge in [0, 0.05) is 6.20 Å². The average molecular weight is 233 g/mol. The standard InChI is InChI=1S/C11H11N3O3/c1-7(11(16)17)13-10(15)8-6-12-14-5-3-2-4-9(8)14/h2-7H,1H3,(H,13,15)(H,16,17). The van der Waals surface area contributed by atoms with Gasteiger partial charge in [-0.15, -0.1) is 0 Å². The summed E-state index contributed by atoms with van der Waals surface area (Å²) < 4.78 is 1.56. The summed E-state index contributed by atoms with van der Waals surface area (Å²) in [6.45, 7) is 1.41. The second kappa shape index (κ2) is 4.25. The molecule has 1 amide bonds. The molecular formula is C11H11N3O3. The van der Waals surface area contributed by atoms with Crippen LogP contribution >= 0.6 is 0 Å². The molecule has 0 bridgehead atoms. The molecule has 0 fully saturated rings. The van der Waals surface area contributed by atoms with Crippen molar-refractivity contribution in [2.75, 3.05) is 0 Å². The monoisotopic (exact) mass is 233 g/mol. The van der Waals surface area contributed by atoms with Gasteiger partial charge >= 0.3 is 5.97 Å². The van der Waals surface area contributed by atoms with Crippen molar-refractivity contribution < 1.29 is 14.7 Å². The van der Waals surface area contributed by atoms with Crippen LogP contribution < -0.4 is 5.32 Å². The van der Waals surface area contributed by atoms with Gasteiger partial charge in [0.25, 0.3) is 5.91 Å². The van der Waals surface area contributed by atoms with Crippen LogP contribution in [0.4, 0.5) is 0 Å². The van der Waals surface area contributed by atoms with Crippen LogP contribution in [0.15, 0.2) is 30.6 Å². The van der Waals surface area contributed by atoms with Crippen molar-refractivity contribution in [3.63, 3.8) is 0 Å². The topological polar surface area (TPSA) is 83.7 Å². The molecule has 2 rings (SSSR count). The third-order valence-electron chi connectivity index (χ3n) is 2.39. The van der Waals surface area contributed by atoms with Crippen molar-refractivity contribution in [3.05, 3.63) is 36.2 Å². The maximum atomic E-state index is 11.8. The lowest BCUT2D eigenvalue weighted by molar-refractivity contribution is -0.138. The maximum Gasteiger partial charge on any atom is 0.325 e. The highest BCUT2D eigenvalue weighted by Crippen LogP contribution is 2.09. The largest absolute Gasteiger partial charge is 0.480 e. The van der Waals surface area contributed by atoms with E-state index in [0.717, 1.165) is 0 Å². The Balaban J connectivity index is 2.28. The molecule has 6 heteroatoms. The Labute approximate surface area is 96.9 Å². The van der Waals surface area contributed by atoms with Crippen LogP contribution in [-0.4, -0.2) is 32.6 Å². The Morgan fingerprint density at radius 1 is 1.47 bits per heavy atom. The van der Waals surface area contributed by atoms with E-state index in [0.29, 0.717) is 11.1 Å². The van der Waals surface area contributed by atoms with Crippen molar-refractivity contribution in [2.45, 2.75) is 13.0 Å². The number of aromatic nitrogens is 2. The van der Waals surface area contributed by atoms with Crippen LogP contribution in [0.3, 0.4) is 0 Å². The molecule has 1 unspecified atom stereocenters. The van der Waals surface area contributed by atoms with E-state index in [2.05, 4.69) is 10.4 Å². The number of carboxylic acid groups (broad SMARTS) is 1. The van der Waals surface area contributed by atoms with Gasteiger partial charge in [-0.05, 0) is 19.1 Å². The van der Waals surface area contributed by atoms with Crippen molar-refractivity contribution in [1.82, 2.24) is 14.9 Å². The first-order chi connectivity index (χ1) is 8.09. The summed E-state index contributed by atoms with van der Waals surface area (Å²) in [4.78, 5) is 22.4. The van der Waals surface area contributed by atoms with Gasteiger partial charge in [-0.1, -0.05) is 6.07 Å². The van der Waals surface area contributed by atoms with Crippen LogP contribution in [0.25, 0.3) is 5.52 Å². The highest BCUT2D eigenvalue weighted by atomic mass is 16.4. The van der Waals surface area contributed by atoms with Crippen LogP contribution in [0, 0.1) is 0 Å². The lowest BCUT2D eigenvalue weighted by Crippen LogP contribution is -2.38. The van der Waals surface area contributed by atoms with Gasteiger partial charge in [0.15, 0.2) is 0 Å². The summed E-state index contributed by atoms with van der Waals surface area (Å²) in [6.07, 6.45) is 3.13. The molecule has 6 nitrogen and oxygen atoms in total. The van der Waals surface area contributed by atoms with Crippen LogP contribution in [0.1, 0.15) is 17.3 Å². The van der Waals surface area contributed by atoms with E-state index in [9.17, 15) is 9.59 Å². The summed E-state index contributed by atoms with van der Waals surface area (Å²) in [5.41, 5.74) is 1.00. The number of aliphatic carboxylic acids is 1. The smallest absolute Gasteiger partial charge is 0.325 e. The number of amides is 1. The number of carbonyl (C=O) groups is 2. The van der Waals surface area contributed by atoms with E-state index < -0.39 is 17.9 Å². The minimum Gasteiger partial charge on any atom is -0.480 e. The average Bonchev–Trinajstić information content (AvgIpc) is 2.72. The summed E-state index contributed by atoms with van der Waals surface area (Å²) in [6, 6.07) is 4.39. The molecule has 2 aromatic rings. The van der Waals surface area contributed by atoms with Crippen molar-refractivity contribution in [1.29, 1.82) is 0 Å². The molecule has 0 aliphatic rings. The zero-order chi connectivity index (χ0) is 12.4. The number of hydrogen-bond donors (Lipinski definition) is 2. The second-order valence-corrected chi connectivity index (χ2v) is 3.62. The Kier molecular flexibility index (Phi) is 2.78. The highest BCUT2D eigenvalue weighted by molar-refractivity contribution is 6.02. The number of hydrogen-bond acceptors (Lipinski definition) is 3. The highest BCUT2D eigenvalue weighted by Gasteiger charge is 2.17. The first-order valence-corrected chi connectivity index (χ1v) is 5.05. The molecule has 0 aliphatic heterocycles. The molecule has 0 aromatic carbocycles. The summed E-state index contributed by atoms with van der Waals surface area (Å²) in [7, 11) is 0. The Morgan fingerprint density at radius 2 is 2.24 bits per heavy atom. The van der Waals surface area contributed by atoms with Crippen LogP contribution in [0.2, 0.25) is 0 Å². The first kappa shape index (κ1) is 11.1. The number of fused-ring (bicyclic) bond motifs is 1. The molecule has 0 aliphatic carbocycles. The second-order valence-electron chi connectivity index (χ2n) is 3.62. The number of rotatable bonds is 3. The van der Waals surface area contributed by atoms with Crippen LogP contribution in [0.5, 0.6) is 0 Å². The third kappa shape index (κ3) is 2.10. The number of nitrogens with zero attached hydrogens (tertiary/aromatic N) is 2. The van der Waals surface area contributed by atoms with Gasteiger partial charge in [-0.2, -0.15) is 5.10 Å². The lowest BCUT2D eigenvalue weighted by atomic mass is 10.2. The number of nitrogens with one attached hydrogen (secondary N) is 1. The lowest BCUT2D eigenvalue weighted by Gasteiger charge is -2.07. The van der Waals surface area contributed by atoms with Gasteiger partial charge in [0.05, 0.1) is 17.3 Å². The Hall–Kier alpha value is -2.37. The molecule has 0 saturated carbocycles. The fourth-order valence-electron chi connectivity index (χ4n) is 1.45. The van der Waals surface area contributed by atoms with E-state index in [1.54, 1.807) is 28.9 Å². The van der Waals surface area contributed by atoms with Gasteiger partial charge < -0.3 is 10.4 Å². The first-order valence-electron chi connectivity index (χ1n) is 5.05. The zero-order valence-electron chi connectivity index (χ0n) is 9.12. The minimum atomic E-state index is -1.07. The molecule has 1 atom stereocenters. The van der Waals surface area contributed by atoms with Crippen molar-refractivity contribution >= 4 is 17.4 Å². The van der Waals surface area contributed by atoms with Gasteiger partial charge in [0.1, 0.15) is 6.04 Å². The molecule has 0 spiro atoms. The van der Waals surface area contributed by atoms with Gasteiger partial charge in [-0.25, -0.2) is 4.52 Å². The van der Waals surface area contributed by atoms with Gasteiger partial charge in [0.2, 0.25) is 0 Å². The Bertz CT molecular complexity index is 576. The molecule has 2 N–H and O–H groups in total. The summed E-state index contributed by atoms with van der Waals surface area (Å²) >= 11 is 0. The predicted octanol–water partition coefficient (Wildman–Crippen LogP) is 0.537. The normalized spacial score (nSPS) is 12.3. The molecule has 0 radical (unpaired) electrons. The summed E-state index contributed by atoms with van der Waals surface area (Å²) in [5.74, 6) is -1.52. The molecule has 2 heterocycles. The minimum absolute atomic E-state index is 0.360. The van der Waals surface area contributed by atoms with E-state index in [4.69, 9.17) is 5.11 Å². The quantitative estimate of drug-likeness (QED) is 0.810.